The lowest BCUT2D eigenvalue weighted by molar-refractivity contribution is 0.158. The van der Waals surface area contributed by atoms with Crippen molar-refractivity contribution in [2.75, 3.05) is 27.3 Å². The number of likely N-dealkylation sites (N-methyl/N-ethyl adjacent to an activating group) is 1. The van der Waals surface area contributed by atoms with Gasteiger partial charge in [-0.25, -0.2) is 9.37 Å². The Hall–Kier alpha value is -1.01. The molecule has 0 atom stereocenters. The van der Waals surface area contributed by atoms with E-state index in [9.17, 15) is 4.39 Å². The number of rotatable bonds is 7. The molecule has 21 heavy (non-hydrogen) atoms. The van der Waals surface area contributed by atoms with Crippen molar-refractivity contribution in [1.82, 2.24) is 9.88 Å². The zero-order valence-corrected chi connectivity index (χ0v) is 13.7. The third-order valence-corrected chi connectivity index (χ3v) is 4.32. The van der Waals surface area contributed by atoms with E-state index in [1.165, 1.54) is 17.4 Å². The van der Waals surface area contributed by atoms with Crippen LogP contribution in [0, 0.1) is 5.82 Å². The van der Waals surface area contributed by atoms with E-state index < -0.39 is 0 Å². The Kier molecular flexibility index (Phi) is 6.11. The van der Waals surface area contributed by atoms with E-state index in [0.717, 1.165) is 22.8 Å². The highest BCUT2D eigenvalue weighted by Crippen LogP contribution is 2.26. The molecule has 1 heterocycles. The highest BCUT2D eigenvalue weighted by Gasteiger charge is 2.10. The molecule has 0 aliphatic rings. The average molecular weight is 329 g/mol. The molecule has 0 fully saturated rings. The highest BCUT2D eigenvalue weighted by molar-refractivity contribution is 7.13. The van der Waals surface area contributed by atoms with Crippen LogP contribution >= 0.6 is 22.9 Å². The van der Waals surface area contributed by atoms with Gasteiger partial charge in [0.25, 0.3) is 0 Å². The van der Waals surface area contributed by atoms with Crippen LogP contribution < -0.4 is 0 Å². The number of hydrogen-bond donors (Lipinski definition) is 0. The SMILES string of the molecule is COCCN(C)Cc1ccc(-c2nc(CCl)cs2)cc1F. The van der Waals surface area contributed by atoms with Gasteiger partial charge in [0, 0.05) is 36.7 Å². The summed E-state index contributed by atoms with van der Waals surface area (Å²) in [6, 6.07) is 5.26. The first-order valence-corrected chi connectivity index (χ1v) is 8.02. The highest BCUT2D eigenvalue weighted by atomic mass is 35.5. The largest absolute Gasteiger partial charge is 0.383 e. The van der Waals surface area contributed by atoms with Crippen LogP contribution in [0.1, 0.15) is 11.3 Å². The number of methoxy groups -OCH3 is 1. The Morgan fingerprint density at radius 2 is 2.24 bits per heavy atom. The maximum Gasteiger partial charge on any atom is 0.128 e. The maximum absolute atomic E-state index is 14.2. The summed E-state index contributed by atoms with van der Waals surface area (Å²) in [7, 11) is 3.60. The van der Waals surface area contributed by atoms with Crippen molar-refractivity contribution in [1.29, 1.82) is 0 Å². The van der Waals surface area contributed by atoms with Crippen LogP contribution in [0.5, 0.6) is 0 Å². The predicted octanol–water partition coefficient (Wildman–Crippen LogP) is 3.77. The zero-order chi connectivity index (χ0) is 15.2. The number of benzene rings is 1. The second kappa shape index (κ2) is 7.84. The lowest BCUT2D eigenvalue weighted by atomic mass is 10.1. The molecule has 0 aliphatic carbocycles. The lowest BCUT2D eigenvalue weighted by Crippen LogP contribution is -2.22. The van der Waals surface area contributed by atoms with Gasteiger partial charge in [0.1, 0.15) is 10.8 Å². The summed E-state index contributed by atoms with van der Waals surface area (Å²) in [5.41, 5.74) is 2.28. The Labute approximate surface area is 133 Å². The topological polar surface area (TPSA) is 25.4 Å². The number of alkyl halides is 1. The van der Waals surface area contributed by atoms with Crippen molar-refractivity contribution < 1.29 is 9.13 Å². The molecule has 0 bridgehead atoms. The van der Waals surface area contributed by atoms with Crippen molar-refractivity contribution in [2.45, 2.75) is 12.4 Å². The number of hydrogen-bond acceptors (Lipinski definition) is 4. The number of ether oxygens (including phenoxy) is 1. The first-order chi connectivity index (χ1) is 10.1. The molecule has 114 valence electrons. The second-order valence-electron chi connectivity index (χ2n) is 4.81. The molecular weight excluding hydrogens is 311 g/mol. The number of thiazole rings is 1. The summed E-state index contributed by atoms with van der Waals surface area (Å²) in [4.78, 5) is 6.39. The molecule has 0 radical (unpaired) electrons. The van der Waals surface area contributed by atoms with Crippen LogP contribution in [0.4, 0.5) is 4.39 Å². The minimum absolute atomic E-state index is 0.209. The molecule has 1 aromatic carbocycles. The second-order valence-corrected chi connectivity index (χ2v) is 5.94. The van der Waals surface area contributed by atoms with Gasteiger partial charge < -0.3 is 4.74 Å². The summed E-state index contributed by atoms with van der Waals surface area (Å²) in [6.45, 7) is 1.96. The summed E-state index contributed by atoms with van der Waals surface area (Å²) >= 11 is 7.22. The fourth-order valence-electron chi connectivity index (χ4n) is 1.93. The van der Waals surface area contributed by atoms with Crippen molar-refractivity contribution in [3.63, 3.8) is 0 Å². The molecule has 0 N–H and O–H groups in total. The fraction of sp³-hybridized carbons (Fsp3) is 0.400. The maximum atomic E-state index is 14.2. The Bertz CT molecular complexity index is 591. The minimum atomic E-state index is -0.209. The molecule has 0 unspecified atom stereocenters. The van der Waals surface area contributed by atoms with Gasteiger partial charge in [-0.15, -0.1) is 22.9 Å². The van der Waals surface area contributed by atoms with E-state index in [1.807, 2.05) is 29.5 Å². The van der Waals surface area contributed by atoms with Crippen LogP contribution in [-0.4, -0.2) is 37.2 Å². The van der Waals surface area contributed by atoms with Gasteiger partial charge in [0.05, 0.1) is 18.2 Å². The predicted molar refractivity (Wildman–Crippen MR) is 85.3 cm³/mol. The molecule has 1 aromatic heterocycles. The van der Waals surface area contributed by atoms with Gasteiger partial charge in [-0.3, -0.25) is 4.90 Å². The molecule has 6 heteroatoms. The van der Waals surface area contributed by atoms with Crippen LogP contribution in [0.3, 0.4) is 0 Å². The Balaban J connectivity index is 2.10. The summed E-state index contributed by atoms with van der Waals surface area (Å²) < 4.78 is 19.2. The molecule has 0 spiro atoms. The van der Waals surface area contributed by atoms with E-state index in [1.54, 1.807) is 7.11 Å². The zero-order valence-electron chi connectivity index (χ0n) is 12.1. The fourth-order valence-corrected chi connectivity index (χ4v) is 2.97. The summed E-state index contributed by atoms with van der Waals surface area (Å²) in [6.07, 6.45) is 0. The third-order valence-electron chi connectivity index (χ3n) is 3.11. The normalized spacial score (nSPS) is 11.3. The van der Waals surface area contributed by atoms with Gasteiger partial charge in [0.2, 0.25) is 0 Å². The first kappa shape index (κ1) is 16.4. The third kappa shape index (κ3) is 4.48. The Morgan fingerprint density at radius 3 is 2.86 bits per heavy atom. The smallest absolute Gasteiger partial charge is 0.128 e. The number of nitrogens with zero attached hydrogens (tertiary/aromatic N) is 2. The van der Waals surface area contributed by atoms with E-state index >= 15 is 0 Å². The van der Waals surface area contributed by atoms with Crippen LogP contribution in [0.25, 0.3) is 10.6 Å². The van der Waals surface area contributed by atoms with Crippen molar-refractivity contribution in [3.8, 4) is 10.6 Å². The van der Waals surface area contributed by atoms with Gasteiger partial charge in [-0.05, 0) is 13.1 Å². The van der Waals surface area contributed by atoms with E-state index in [2.05, 4.69) is 4.98 Å². The van der Waals surface area contributed by atoms with E-state index in [0.29, 0.717) is 24.6 Å². The van der Waals surface area contributed by atoms with E-state index in [4.69, 9.17) is 16.3 Å². The van der Waals surface area contributed by atoms with Crippen LogP contribution in [-0.2, 0) is 17.2 Å². The summed E-state index contributed by atoms with van der Waals surface area (Å²) in [5, 5.41) is 2.69. The molecular formula is C15H18ClFN2OS. The van der Waals surface area contributed by atoms with Crippen molar-refractivity contribution >= 4 is 22.9 Å². The van der Waals surface area contributed by atoms with Crippen LogP contribution in [0.2, 0.25) is 0 Å². The molecule has 2 aromatic rings. The monoisotopic (exact) mass is 328 g/mol. The molecule has 2 rings (SSSR count). The lowest BCUT2D eigenvalue weighted by Gasteiger charge is -2.16. The quantitative estimate of drug-likeness (QED) is 0.723. The van der Waals surface area contributed by atoms with Gasteiger partial charge >= 0.3 is 0 Å². The van der Waals surface area contributed by atoms with Gasteiger partial charge in [-0.1, -0.05) is 12.1 Å². The number of aromatic nitrogens is 1. The van der Waals surface area contributed by atoms with Crippen LogP contribution in [0.15, 0.2) is 23.6 Å². The molecule has 0 saturated heterocycles. The molecule has 0 amide bonds. The van der Waals surface area contributed by atoms with E-state index in [-0.39, 0.29) is 5.82 Å². The molecule has 3 nitrogen and oxygen atoms in total. The van der Waals surface area contributed by atoms with Crippen molar-refractivity contribution in [3.05, 3.63) is 40.7 Å². The standard InChI is InChI=1S/C15H18ClFN2OS/c1-19(5-6-20-2)9-12-4-3-11(7-14(12)17)15-18-13(8-16)10-21-15/h3-4,7,10H,5-6,8-9H2,1-2H3. The van der Waals surface area contributed by atoms with Gasteiger partial charge in [-0.2, -0.15) is 0 Å². The Morgan fingerprint density at radius 1 is 1.43 bits per heavy atom. The van der Waals surface area contributed by atoms with Crippen molar-refractivity contribution in [2.24, 2.45) is 0 Å². The average Bonchev–Trinajstić information content (AvgIpc) is 2.96. The minimum Gasteiger partial charge on any atom is -0.383 e. The van der Waals surface area contributed by atoms with Gasteiger partial charge in [0.15, 0.2) is 0 Å². The first-order valence-electron chi connectivity index (χ1n) is 6.60. The summed E-state index contributed by atoms with van der Waals surface area (Å²) in [5.74, 6) is 0.167. The molecule has 0 saturated carbocycles. The number of halogens is 2. The molecule has 0 aliphatic heterocycles.